The van der Waals surface area contributed by atoms with E-state index in [0.717, 1.165) is 4.88 Å². The first-order valence-corrected chi connectivity index (χ1v) is 9.26. The Morgan fingerprint density at radius 1 is 1.25 bits per heavy atom. The number of aliphatic hydroxyl groups is 1. The van der Waals surface area contributed by atoms with Crippen molar-refractivity contribution < 1.29 is 13.5 Å². The van der Waals surface area contributed by atoms with Crippen LogP contribution in [0.4, 0.5) is 0 Å². The minimum atomic E-state index is -3.59. The third kappa shape index (κ3) is 3.12. The van der Waals surface area contributed by atoms with E-state index in [-0.39, 0.29) is 18.0 Å². The Bertz CT molecular complexity index is 694. The molecule has 0 atom stereocenters. The van der Waals surface area contributed by atoms with Crippen LogP contribution < -0.4 is 4.72 Å². The zero-order chi connectivity index (χ0) is 14.9. The van der Waals surface area contributed by atoms with Gasteiger partial charge in [-0.2, -0.15) is 0 Å². The minimum Gasteiger partial charge on any atom is -0.391 e. The molecule has 2 N–H and O–H groups in total. The highest BCUT2D eigenvalue weighted by Gasteiger charge is 2.22. The molecule has 0 amide bonds. The fourth-order valence-electron chi connectivity index (χ4n) is 1.93. The number of thiophene rings is 2. The molecule has 2 rings (SSSR count). The summed E-state index contributed by atoms with van der Waals surface area (Å²) in [6.45, 7) is 5.79. The summed E-state index contributed by atoms with van der Waals surface area (Å²) >= 11 is 2.86. The minimum absolute atomic E-state index is 0.218. The van der Waals surface area contributed by atoms with Crippen LogP contribution in [0, 0.1) is 20.8 Å². The van der Waals surface area contributed by atoms with Gasteiger partial charge >= 0.3 is 0 Å². The smallest absolute Gasteiger partial charge is 0.242 e. The number of sulfonamides is 1. The zero-order valence-electron chi connectivity index (χ0n) is 11.6. The molecule has 0 saturated heterocycles. The van der Waals surface area contributed by atoms with Gasteiger partial charge < -0.3 is 5.11 Å². The molecule has 0 saturated carbocycles. The first-order chi connectivity index (χ1) is 9.35. The van der Waals surface area contributed by atoms with Crippen LogP contribution in [0.15, 0.2) is 16.3 Å². The van der Waals surface area contributed by atoms with Gasteiger partial charge in [-0.05, 0) is 43.3 Å². The quantitative estimate of drug-likeness (QED) is 0.885. The molecule has 2 aromatic heterocycles. The summed E-state index contributed by atoms with van der Waals surface area (Å²) in [4.78, 5) is 2.88. The summed E-state index contributed by atoms with van der Waals surface area (Å²) in [7, 11) is -3.59. The number of aliphatic hydroxyl groups excluding tert-OH is 1. The average molecular weight is 331 g/mol. The molecule has 0 aromatic carbocycles. The number of hydrogen-bond acceptors (Lipinski definition) is 5. The second-order valence-corrected chi connectivity index (χ2v) is 8.61. The Morgan fingerprint density at radius 2 is 1.95 bits per heavy atom. The maximum atomic E-state index is 12.3. The Morgan fingerprint density at radius 3 is 2.50 bits per heavy atom. The van der Waals surface area contributed by atoms with E-state index in [1.54, 1.807) is 23.6 Å². The third-order valence-corrected chi connectivity index (χ3v) is 7.06. The summed E-state index contributed by atoms with van der Waals surface area (Å²) < 4.78 is 27.3. The van der Waals surface area contributed by atoms with Crippen LogP contribution >= 0.6 is 22.7 Å². The molecular weight excluding hydrogens is 314 g/mol. The van der Waals surface area contributed by atoms with Gasteiger partial charge in [0.2, 0.25) is 10.0 Å². The molecule has 0 fully saturated rings. The predicted octanol–water partition coefficient (Wildman–Crippen LogP) is 2.71. The highest BCUT2D eigenvalue weighted by atomic mass is 32.2. The van der Waals surface area contributed by atoms with Gasteiger partial charge in [-0.25, -0.2) is 13.1 Å². The number of rotatable bonds is 5. The van der Waals surface area contributed by atoms with Gasteiger partial charge in [-0.1, -0.05) is 0 Å². The maximum absolute atomic E-state index is 12.3. The maximum Gasteiger partial charge on any atom is 0.242 e. The molecule has 0 radical (unpaired) electrons. The lowest BCUT2D eigenvalue weighted by Gasteiger charge is -2.07. The second kappa shape index (κ2) is 5.95. The van der Waals surface area contributed by atoms with Crippen molar-refractivity contribution >= 4 is 32.7 Å². The van der Waals surface area contributed by atoms with E-state index in [1.807, 2.05) is 19.9 Å². The SMILES string of the molecule is Cc1cc(CNS(=O)(=O)c2c(C)csc2CO)sc1C. The number of nitrogens with one attached hydrogen (secondary N) is 1. The molecule has 0 unspecified atom stereocenters. The highest BCUT2D eigenvalue weighted by molar-refractivity contribution is 7.89. The lowest BCUT2D eigenvalue weighted by Crippen LogP contribution is -2.24. The molecular formula is C13H17NO3S3. The van der Waals surface area contributed by atoms with Crippen LogP contribution in [0.25, 0.3) is 0 Å². The van der Waals surface area contributed by atoms with Crippen LogP contribution in [-0.4, -0.2) is 13.5 Å². The van der Waals surface area contributed by atoms with Crippen LogP contribution in [-0.2, 0) is 23.2 Å². The van der Waals surface area contributed by atoms with Crippen molar-refractivity contribution in [2.45, 2.75) is 38.8 Å². The Kier molecular flexibility index (Phi) is 4.66. The lowest BCUT2D eigenvalue weighted by molar-refractivity contribution is 0.282. The molecule has 0 aliphatic carbocycles. The molecule has 4 nitrogen and oxygen atoms in total. The fraction of sp³-hybridized carbons (Fsp3) is 0.385. The molecule has 110 valence electrons. The van der Waals surface area contributed by atoms with Crippen molar-refractivity contribution in [3.8, 4) is 0 Å². The average Bonchev–Trinajstić information content (AvgIpc) is 2.91. The largest absolute Gasteiger partial charge is 0.391 e. The molecule has 2 heterocycles. The van der Waals surface area contributed by atoms with Gasteiger partial charge in [0.15, 0.2) is 0 Å². The van der Waals surface area contributed by atoms with E-state index in [0.29, 0.717) is 10.4 Å². The van der Waals surface area contributed by atoms with E-state index in [1.165, 1.54) is 21.8 Å². The van der Waals surface area contributed by atoms with Gasteiger partial charge in [-0.3, -0.25) is 0 Å². The summed E-state index contributed by atoms with van der Waals surface area (Å²) in [6.07, 6.45) is 0. The summed E-state index contributed by atoms with van der Waals surface area (Å²) in [5.74, 6) is 0. The molecule has 0 bridgehead atoms. The standard InChI is InChI=1S/C13H17NO3S3/c1-8-4-11(19-10(8)3)5-14-20(16,17)13-9(2)7-18-12(13)6-15/h4,7,14-15H,5-6H2,1-3H3. The van der Waals surface area contributed by atoms with E-state index < -0.39 is 10.0 Å². The van der Waals surface area contributed by atoms with E-state index in [4.69, 9.17) is 0 Å². The first kappa shape index (κ1) is 15.7. The van der Waals surface area contributed by atoms with Gasteiger partial charge in [-0.15, -0.1) is 22.7 Å². The molecule has 0 spiro atoms. The van der Waals surface area contributed by atoms with Crippen molar-refractivity contribution in [3.63, 3.8) is 0 Å². The van der Waals surface area contributed by atoms with Gasteiger partial charge in [0, 0.05) is 16.3 Å². The zero-order valence-corrected chi connectivity index (χ0v) is 14.0. The van der Waals surface area contributed by atoms with Crippen molar-refractivity contribution in [1.29, 1.82) is 0 Å². The van der Waals surface area contributed by atoms with Crippen molar-refractivity contribution in [2.24, 2.45) is 0 Å². The van der Waals surface area contributed by atoms with Gasteiger partial charge in [0.25, 0.3) is 0 Å². The first-order valence-electron chi connectivity index (χ1n) is 6.08. The van der Waals surface area contributed by atoms with E-state index in [9.17, 15) is 13.5 Å². The summed E-state index contributed by atoms with van der Waals surface area (Å²) in [5.41, 5.74) is 1.84. The summed E-state index contributed by atoms with van der Waals surface area (Å²) in [6, 6.07) is 2.00. The molecule has 2 aromatic rings. The fourth-order valence-corrected chi connectivity index (χ4v) is 5.68. The van der Waals surface area contributed by atoms with E-state index in [2.05, 4.69) is 4.72 Å². The van der Waals surface area contributed by atoms with Crippen LogP contribution in [0.2, 0.25) is 0 Å². The summed E-state index contributed by atoms with van der Waals surface area (Å²) in [5, 5.41) is 11.0. The van der Waals surface area contributed by atoms with Crippen molar-refractivity contribution in [3.05, 3.63) is 37.2 Å². The Labute approximate surface area is 127 Å². The van der Waals surface area contributed by atoms with Crippen LogP contribution in [0.1, 0.15) is 25.8 Å². The third-order valence-electron chi connectivity index (χ3n) is 3.06. The topological polar surface area (TPSA) is 66.4 Å². The van der Waals surface area contributed by atoms with Crippen LogP contribution in [0.3, 0.4) is 0 Å². The second-order valence-electron chi connectivity index (χ2n) is 4.61. The number of hydrogen-bond donors (Lipinski definition) is 2. The van der Waals surface area contributed by atoms with Crippen LogP contribution in [0.5, 0.6) is 0 Å². The van der Waals surface area contributed by atoms with Gasteiger partial charge in [0.1, 0.15) is 4.90 Å². The Hall–Kier alpha value is -0.730. The van der Waals surface area contributed by atoms with E-state index >= 15 is 0 Å². The normalized spacial score (nSPS) is 12.0. The van der Waals surface area contributed by atoms with Gasteiger partial charge in [0.05, 0.1) is 11.5 Å². The molecule has 0 aliphatic heterocycles. The lowest BCUT2D eigenvalue weighted by atomic mass is 10.3. The van der Waals surface area contributed by atoms with Crippen molar-refractivity contribution in [2.75, 3.05) is 0 Å². The molecule has 0 aliphatic rings. The predicted molar refractivity (Wildman–Crippen MR) is 82.8 cm³/mol. The molecule has 7 heteroatoms. The highest BCUT2D eigenvalue weighted by Crippen LogP contribution is 2.27. The monoisotopic (exact) mass is 331 g/mol. The number of aryl methyl sites for hydroxylation is 3. The Balaban J connectivity index is 2.21. The van der Waals surface area contributed by atoms with Crippen molar-refractivity contribution in [1.82, 2.24) is 4.72 Å². The molecule has 20 heavy (non-hydrogen) atoms.